The largest absolute Gasteiger partial charge is 0.330 e. The molecule has 0 radical (unpaired) electrons. The van der Waals surface area contributed by atoms with Crippen LogP contribution < -0.4 is 5.73 Å². The van der Waals surface area contributed by atoms with Crippen LogP contribution in [0.2, 0.25) is 0 Å². The molecule has 0 unspecified atom stereocenters. The maximum Gasteiger partial charge on any atom is 0.0649 e. The van der Waals surface area contributed by atoms with Crippen molar-refractivity contribution in [3.63, 3.8) is 0 Å². The van der Waals surface area contributed by atoms with Gasteiger partial charge in [0.25, 0.3) is 0 Å². The molecule has 0 aliphatic heterocycles. The second kappa shape index (κ2) is 5.47. The van der Waals surface area contributed by atoms with Crippen molar-refractivity contribution in [2.75, 3.05) is 6.54 Å². The molecule has 2 aromatic rings. The first-order chi connectivity index (χ1) is 8.22. The molecule has 0 fully saturated rings. The molecule has 4 heteroatoms. The summed E-state index contributed by atoms with van der Waals surface area (Å²) in [5.41, 5.74) is 9.09. The van der Waals surface area contributed by atoms with E-state index in [2.05, 4.69) is 40.1 Å². The second-order valence-electron chi connectivity index (χ2n) is 4.04. The molecule has 2 rings (SSSR count). The lowest BCUT2D eigenvalue weighted by atomic mass is 10.1. The first-order valence-corrected chi connectivity index (χ1v) is 6.51. The Hall–Kier alpha value is -1.13. The summed E-state index contributed by atoms with van der Waals surface area (Å²) in [6.45, 7) is 2.82. The molecule has 3 nitrogen and oxygen atoms in total. The molecule has 1 aromatic heterocycles. The van der Waals surface area contributed by atoms with E-state index >= 15 is 0 Å². The average Bonchev–Trinajstić information content (AvgIpc) is 2.69. The Morgan fingerprint density at radius 3 is 2.65 bits per heavy atom. The Labute approximate surface area is 110 Å². The highest BCUT2D eigenvalue weighted by Gasteiger charge is 2.07. The van der Waals surface area contributed by atoms with Crippen molar-refractivity contribution in [3.05, 3.63) is 46.2 Å². The SMILES string of the molecule is Cc1c(CCCN)cnn1-c1ccc(Br)cc1. The van der Waals surface area contributed by atoms with Gasteiger partial charge in [0.1, 0.15) is 0 Å². The number of nitrogens with two attached hydrogens (primary N) is 1. The van der Waals surface area contributed by atoms with Crippen LogP contribution in [0.25, 0.3) is 5.69 Å². The fourth-order valence-electron chi connectivity index (χ4n) is 1.82. The first-order valence-electron chi connectivity index (χ1n) is 5.72. The van der Waals surface area contributed by atoms with Crippen LogP contribution in [0.15, 0.2) is 34.9 Å². The van der Waals surface area contributed by atoms with Gasteiger partial charge in [0.2, 0.25) is 0 Å². The quantitative estimate of drug-likeness (QED) is 0.942. The van der Waals surface area contributed by atoms with E-state index in [1.165, 1.54) is 11.3 Å². The van der Waals surface area contributed by atoms with Crippen molar-refractivity contribution in [2.45, 2.75) is 19.8 Å². The summed E-state index contributed by atoms with van der Waals surface area (Å²) in [5, 5.41) is 4.43. The van der Waals surface area contributed by atoms with E-state index in [-0.39, 0.29) is 0 Å². The molecule has 0 amide bonds. The lowest BCUT2D eigenvalue weighted by Crippen LogP contribution is -2.02. The third kappa shape index (κ3) is 2.76. The predicted octanol–water partition coefficient (Wildman–Crippen LogP) is 2.83. The highest BCUT2D eigenvalue weighted by Crippen LogP contribution is 2.17. The Morgan fingerprint density at radius 1 is 1.29 bits per heavy atom. The van der Waals surface area contributed by atoms with Crippen LogP contribution in [0.5, 0.6) is 0 Å². The van der Waals surface area contributed by atoms with Crippen LogP contribution in [0, 0.1) is 6.92 Å². The van der Waals surface area contributed by atoms with Gasteiger partial charge in [0.05, 0.1) is 11.9 Å². The molecule has 0 saturated carbocycles. The van der Waals surface area contributed by atoms with Crippen molar-refractivity contribution in [1.82, 2.24) is 9.78 Å². The average molecular weight is 294 g/mol. The minimum absolute atomic E-state index is 0.725. The smallest absolute Gasteiger partial charge is 0.0649 e. The number of benzene rings is 1. The topological polar surface area (TPSA) is 43.8 Å². The van der Waals surface area contributed by atoms with Gasteiger partial charge in [-0.25, -0.2) is 4.68 Å². The summed E-state index contributed by atoms with van der Waals surface area (Å²) in [5.74, 6) is 0. The molecular formula is C13H16BrN3. The predicted molar refractivity (Wildman–Crippen MR) is 73.4 cm³/mol. The molecule has 1 aromatic carbocycles. The zero-order valence-electron chi connectivity index (χ0n) is 9.86. The molecule has 17 heavy (non-hydrogen) atoms. The van der Waals surface area contributed by atoms with Gasteiger partial charge >= 0.3 is 0 Å². The Balaban J connectivity index is 2.27. The number of aromatic nitrogens is 2. The maximum absolute atomic E-state index is 5.53. The fourth-order valence-corrected chi connectivity index (χ4v) is 2.09. The van der Waals surface area contributed by atoms with Crippen molar-refractivity contribution >= 4 is 15.9 Å². The summed E-state index contributed by atoms with van der Waals surface area (Å²) < 4.78 is 3.05. The van der Waals surface area contributed by atoms with Gasteiger partial charge in [0.15, 0.2) is 0 Å². The number of hydrogen-bond acceptors (Lipinski definition) is 2. The van der Waals surface area contributed by atoms with E-state index in [0.717, 1.165) is 29.5 Å². The van der Waals surface area contributed by atoms with E-state index in [0.29, 0.717) is 0 Å². The zero-order chi connectivity index (χ0) is 12.3. The van der Waals surface area contributed by atoms with Crippen LogP contribution in [0.4, 0.5) is 0 Å². The highest BCUT2D eigenvalue weighted by molar-refractivity contribution is 9.10. The van der Waals surface area contributed by atoms with Gasteiger partial charge in [0, 0.05) is 10.2 Å². The molecule has 90 valence electrons. The zero-order valence-corrected chi connectivity index (χ0v) is 11.4. The molecule has 0 bridgehead atoms. The normalized spacial score (nSPS) is 10.8. The van der Waals surface area contributed by atoms with E-state index in [4.69, 9.17) is 5.73 Å². The van der Waals surface area contributed by atoms with Gasteiger partial charge in [-0.05, 0) is 56.1 Å². The summed E-state index contributed by atoms with van der Waals surface area (Å²) in [6.07, 6.45) is 3.94. The maximum atomic E-state index is 5.53. The molecule has 0 atom stereocenters. The minimum Gasteiger partial charge on any atom is -0.330 e. The molecule has 0 spiro atoms. The number of nitrogens with zero attached hydrogens (tertiary/aromatic N) is 2. The third-order valence-electron chi connectivity index (χ3n) is 2.83. The van der Waals surface area contributed by atoms with Crippen molar-refractivity contribution < 1.29 is 0 Å². The summed E-state index contributed by atoms with van der Waals surface area (Å²) >= 11 is 3.43. The summed E-state index contributed by atoms with van der Waals surface area (Å²) in [6, 6.07) is 8.15. The fraction of sp³-hybridized carbons (Fsp3) is 0.308. The van der Waals surface area contributed by atoms with Crippen molar-refractivity contribution in [3.8, 4) is 5.69 Å². The van der Waals surface area contributed by atoms with Crippen LogP contribution >= 0.6 is 15.9 Å². The van der Waals surface area contributed by atoms with Crippen LogP contribution in [0.3, 0.4) is 0 Å². The van der Waals surface area contributed by atoms with Gasteiger partial charge in [-0.15, -0.1) is 0 Å². The highest BCUT2D eigenvalue weighted by atomic mass is 79.9. The van der Waals surface area contributed by atoms with Gasteiger partial charge in [-0.2, -0.15) is 5.10 Å². The molecule has 2 N–H and O–H groups in total. The van der Waals surface area contributed by atoms with Gasteiger partial charge in [-0.1, -0.05) is 15.9 Å². The second-order valence-corrected chi connectivity index (χ2v) is 4.95. The molecule has 0 aliphatic carbocycles. The third-order valence-corrected chi connectivity index (χ3v) is 3.36. The molecule has 0 saturated heterocycles. The Morgan fingerprint density at radius 2 is 2.00 bits per heavy atom. The van der Waals surface area contributed by atoms with Gasteiger partial charge in [-0.3, -0.25) is 0 Å². The van der Waals surface area contributed by atoms with Gasteiger partial charge < -0.3 is 5.73 Å². The standard InChI is InChI=1S/C13H16BrN3/c1-10-11(3-2-8-15)9-16-17(10)13-6-4-12(14)5-7-13/h4-7,9H,2-3,8,15H2,1H3. The summed E-state index contributed by atoms with van der Waals surface area (Å²) in [7, 11) is 0. The number of rotatable bonds is 4. The van der Waals surface area contributed by atoms with Crippen LogP contribution in [-0.4, -0.2) is 16.3 Å². The van der Waals surface area contributed by atoms with E-state index < -0.39 is 0 Å². The lowest BCUT2D eigenvalue weighted by Gasteiger charge is -2.05. The molecule has 1 heterocycles. The number of halogens is 1. The minimum atomic E-state index is 0.725. The summed E-state index contributed by atoms with van der Waals surface area (Å²) in [4.78, 5) is 0. The van der Waals surface area contributed by atoms with E-state index in [9.17, 15) is 0 Å². The monoisotopic (exact) mass is 293 g/mol. The van der Waals surface area contributed by atoms with E-state index in [1.54, 1.807) is 0 Å². The van der Waals surface area contributed by atoms with Crippen molar-refractivity contribution in [1.29, 1.82) is 0 Å². The first kappa shape index (κ1) is 12.3. The molecular weight excluding hydrogens is 278 g/mol. The van der Waals surface area contributed by atoms with Crippen LogP contribution in [-0.2, 0) is 6.42 Å². The van der Waals surface area contributed by atoms with Crippen LogP contribution in [0.1, 0.15) is 17.7 Å². The molecule has 0 aliphatic rings. The van der Waals surface area contributed by atoms with Crippen molar-refractivity contribution in [2.24, 2.45) is 5.73 Å². The number of hydrogen-bond donors (Lipinski definition) is 1. The number of aryl methyl sites for hydroxylation is 1. The van der Waals surface area contributed by atoms with E-state index in [1.807, 2.05) is 23.0 Å². The Bertz CT molecular complexity index is 488. The Kier molecular flexibility index (Phi) is 3.97. The lowest BCUT2D eigenvalue weighted by molar-refractivity contribution is 0.815.